The van der Waals surface area contributed by atoms with E-state index < -0.39 is 0 Å². The lowest BCUT2D eigenvalue weighted by Crippen LogP contribution is -2.45. The average molecular weight is 250 g/mol. The first kappa shape index (κ1) is 12.5. The fourth-order valence-corrected chi connectivity index (χ4v) is 4.43. The highest BCUT2D eigenvalue weighted by Gasteiger charge is 2.48. The summed E-state index contributed by atoms with van der Waals surface area (Å²) in [6.07, 6.45) is 8.99. The number of amides is 1. The van der Waals surface area contributed by atoms with E-state index in [1.165, 1.54) is 32.1 Å². The highest BCUT2D eigenvalue weighted by atomic mass is 16.2. The standard InChI is InChI=1S/C15H26N2O/c1-3-4-5-13-15(18)17(10(2)16-13)14-9-11-6-7-12(14)8-11/h10-14,16H,3-9H2,1-2H3. The summed E-state index contributed by atoms with van der Waals surface area (Å²) in [4.78, 5) is 14.7. The van der Waals surface area contributed by atoms with Crippen LogP contribution in [0.15, 0.2) is 0 Å². The van der Waals surface area contributed by atoms with Gasteiger partial charge in [0.1, 0.15) is 0 Å². The van der Waals surface area contributed by atoms with Gasteiger partial charge in [-0.1, -0.05) is 26.2 Å². The largest absolute Gasteiger partial charge is 0.323 e. The molecule has 18 heavy (non-hydrogen) atoms. The zero-order valence-corrected chi connectivity index (χ0v) is 11.7. The van der Waals surface area contributed by atoms with Crippen molar-refractivity contribution in [2.24, 2.45) is 11.8 Å². The Kier molecular flexibility index (Phi) is 3.35. The van der Waals surface area contributed by atoms with Crippen LogP contribution in [0.2, 0.25) is 0 Å². The first-order chi connectivity index (χ1) is 8.70. The number of carbonyl (C=O) groups is 1. The monoisotopic (exact) mass is 250 g/mol. The topological polar surface area (TPSA) is 32.3 Å². The summed E-state index contributed by atoms with van der Waals surface area (Å²) in [5.74, 6) is 2.09. The van der Waals surface area contributed by atoms with Crippen molar-refractivity contribution in [2.45, 2.75) is 77.0 Å². The molecular weight excluding hydrogens is 224 g/mol. The number of carbonyl (C=O) groups excluding carboxylic acids is 1. The van der Waals surface area contributed by atoms with Gasteiger partial charge in [0.2, 0.25) is 5.91 Å². The lowest BCUT2D eigenvalue weighted by atomic mass is 9.93. The van der Waals surface area contributed by atoms with E-state index in [-0.39, 0.29) is 12.2 Å². The molecule has 3 rings (SSSR count). The van der Waals surface area contributed by atoms with E-state index in [9.17, 15) is 4.79 Å². The van der Waals surface area contributed by atoms with Crippen LogP contribution in [0.3, 0.4) is 0 Å². The van der Waals surface area contributed by atoms with Crippen LogP contribution in [0.1, 0.15) is 58.8 Å². The zero-order valence-electron chi connectivity index (χ0n) is 11.7. The van der Waals surface area contributed by atoms with Gasteiger partial charge >= 0.3 is 0 Å². The molecule has 0 aromatic heterocycles. The number of fused-ring (bicyclic) bond motifs is 2. The molecule has 1 heterocycles. The maximum atomic E-state index is 12.5. The summed E-state index contributed by atoms with van der Waals surface area (Å²) in [5, 5.41) is 3.50. The van der Waals surface area contributed by atoms with E-state index >= 15 is 0 Å². The lowest BCUT2D eigenvalue weighted by Gasteiger charge is -2.34. The van der Waals surface area contributed by atoms with Crippen LogP contribution in [-0.4, -0.2) is 29.1 Å². The van der Waals surface area contributed by atoms with E-state index in [1.807, 2.05) is 0 Å². The molecule has 0 spiro atoms. The molecule has 102 valence electrons. The van der Waals surface area contributed by atoms with Gasteiger partial charge in [-0.25, -0.2) is 0 Å². The van der Waals surface area contributed by atoms with Gasteiger partial charge in [0.05, 0.1) is 12.2 Å². The van der Waals surface area contributed by atoms with Crippen molar-refractivity contribution in [3.63, 3.8) is 0 Å². The Labute approximate surface area is 110 Å². The molecule has 3 heteroatoms. The summed E-state index contributed by atoms with van der Waals surface area (Å²) >= 11 is 0. The van der Waals surface area contributed by atoms with Crippen molar-refractivity contribution in [1.29, 1.82) is 0 Å². The van der Waals surface area contributed by atoms with E-state index in [4.69, 9.17) is 0 Å². The molecule has 5 unspecified atom stereocenters. The molecule has 3 aliphatic rings. The highest BCUT2D eigenvalue weighted by Crippen LogP contribution is 2.47. The summed E-state index contributed by atoms with van der Waals surface area (Å²) in [6, 6.07) is 0.643. The smallest absolute Gasteiger partial charge is 0.241 e. The molecule has 5 atom stereocenters. The Morgan fingerprint density at radius 1 is 1.33 bits per heavy atom. The lowest BCUT2D eigenvalue weighted by molar-refractivity contribution is -0.133. The average Bonchev–Trinajstić information content (AvgIpc) is 3.02. The summed E-state index contributed by atoms with van der Waals surface area (Å²) in [6.45, 7) is 4.35. The third-order valence-electron chi connectivity index (χ3n) is 5.32. The predicted molar refractivity (Wildman–Crippen MR) is 72.0 cm³/mol. The minimum Gasteiger partial charge on any atom is -0.323 e. The Morgan fingerprint density at radius 3 is 2.78 bits per heavy atom. The van der Waals surface area contributed by atoms with Crippen molar-refractivity contribution < 1.29 is 4.79 Å². The predicted octanol–water partition coefficient (Wildman–Crippen LogP) is 2.51. The number of rotatable bonds is 4. The molecular formula is C15H26N2O. The number of nitrogens with zero attached hydrogens (tertiary/aromatic N) is 1. The normalized spacial score (nSPS) is 43.1. The fraction of sp³-hybridized carbons (Fsp3) is 0.933. The molecule has 1 saturated heterocycles. The van der Waals surface area contributed by atoms with Gasteiger partial charge in [-0.2, -0.15) is 0 Å². The number of hydrogen-bond acceptors (Lipinski definition) is 2. The van der Waals surface area contributed by atoms with Crippen LogP contribution >= 0.6 is 0 Å². The van der Waals surface area contributed by atoms with Crippen LogP contribution in [0, 0.1) is 11.8 Å². The first-order valence-corrected chi connectivity index (χ1v) is 7.79. The second-order valence-electron chi connectivity index (χ2n) is 6.53. The van der Waals surface area contributed by atoms with Crippen molar-refractivity contribution in [1.82, 2.24) is 10.2 Å². The van der Waals surface area contributed by atoms with Crippen molar-refractivity contribution >= 4 is 5.91 Å². The molecule has 2 aliphatic carbocycles. The maximum absolute atomic E-state index is 12.5. The minimum atomic E-state index is 0.0964. The Morgan fingerprint density at radius 2 is 2.17 bits per heavy atom. The third kappa shape index (κ3) is 1.97. The fourth-order valence-electron chi connectivity index (χ4n) is 4.43. The van der Waals surface area contributed by atoms with Crippen molar-refractivity contribution in [2.75, 3.05) is 0 Å². The van der Waals surface area contributed by atoms with Crippen LogP contribution in [0.4, 0.5) is 0 Å². The molecule has 0 aromatic rings. The van der Waals surface area contributed by atoms with Gasteiger partial charge in [0.25, 0.3) is 0 Å². The highest BCUT2D eigenvalue weighted by molar-refractivity contribution is 5.84. The second kappa shape index (κ2) is 4.84. The number of nitrogens with one attached hydrogen (secondary N) is 1. The van der Waals surface area contributed by atoms with E-state index in [2.05, 4.69) is 24.1 Å². The van der Waals surface area contributed by atoms with Gasteiger partial charge < -0.3 is 4.90 Å². The molecule has 1 N–H and O–H groups in total. The van der Waals surface area contributed by atoms with Crippen LogP contribution in [0.25, 0.3) is 0 Å². The molecule has 2 bridgehead atoms. The second-order valence-corrected chi connectivity index (χ2v) is 6.53. The Bertz CT molecular complexity index is 330. The van der Waals surface area contributed by atoms with Gasteiger partial charge in [-0.15, -0.1) is 0 Å². The number of hydrogen-bond donors (Lipinski definition) is 1. The van der Waals surface area contributed by atoms with Gasteiger partial charge in [0, 0.05) is 6.04 Å². The molecule has 1 aliphatic heterocycles. The molecule has 3 fully saturated rings. The third-order valence-corrected chi connectivity index (χ3v) is 5.32. The zero-order chi connectivity index (χ0) is 12.7. The summed E-state index contributed by atoms with van der Waals surface area (Å²) in [7, 11) is 0. The Balaban J connectivity index is 1.67. The quantitative estimate of drug-likeness (QED) is 0.831. The van der Waals surface area contributed by atoms with Gasteiger partial charge in [0.15, 0.2) is 0 Å². The van der Waals surface area contributed by atoms with E-state index in [0.717, 1.165) is 24.7 Å². The van der Waals surface area contributed by atoms with Crippen molar-refractivity contribution in [3.8, 4) is 0 Å². The van der Waals surface area contributed by atoms with Crippen LogP contribution in [0.5, 0.6) is 0 Å². The molecule has 1 amide bonds. The first-order valence-electron chi connectivity index (χ1n) is 7.79. The molecule has 0 aromatic carbocycles. The molecule has 0 radical (unpaired) electrons. The summed E-state index contributed by atoms with van der Waals surface area (Å²) in [5.41, 5.74) is 0. The Hall–Kier alpha value is -0.570. The number of unbranched alkanes of at least 4 members (excludes halogenated alkanes) is 1. The molecule has 2 saturated carbocycles. The molecule has 3 nitrogen and oxygen atoms in total. The van der Waals surface area contributed by atoms with E-state index in [1.54, 1.807) is 0 Å². The van der Waals surface area contributed by atoms with Gasteiger partial charge in [-0.05, 0) is 44.4 Å². The maximum Gasteiger partial charge on any atom is 0.241 e. The minimum absolute atomic E-state index is 0.0964. The summed E-state index contributed by atoms with van der Waals surface area (Å²) < 4.78 is 0. The van der Waals surface area contributed by atoms with Crippen molar-refractivity contribution in [3.05, 3.63) is 0 Å². The van der Waals surface area contributed by atoms with Crippen LogP contribution < -0.4 is 5.32 Å². The van der Waals surface area contributed by atoms with E-state index in [0.29, 0.717) is 11.9 Å². The van der Waals surface area contributed by atoms with Gasteiger partial charge in [-0.3, -0.25) is 10.1 Å². The van der Waals surface area contributed by atoms with Crippen LogP contribution in [-0.2, 0) is 4.79 Å². The SMILES string of the molecule is CCCCC1NC(C)N(C2CC3CCC2C3)C1=O.